The van der Waals surface area contributed by atoms with Crippen molar-refractivity contribution in [2.24, 2.45) is 5.41 Å². The van der Waals surface area contributed by atoms with Gasteiger partial charge < -0.3 is 0 Å². The molecule has 0 atom stereocenters. The predicted octanol–water partition coefficient (Wildman–Crippen LogP) is 2.77. The summed E-state index contributed by atoms with van der Waals surface area (Å²) in [6.07, 6.45) is 11.3. The van der Waals surface area contributed by atoms with Crippen LogP contribution in [0, 0.1) is 5.41 Å². The maximum absolute atomic E-state index is 2.41. The molecular formula is C10H14In. The van der Waals surface area contributed by atoms with Gasteiger partial charge in [0.2, 0.25) is 0 Å². The molecule has 1 aliphatic carbocycles. The molecule has 1 heteroatoms. The van der Waals surface area contributed by atoms with E-state index in [9.17, 15) is 0 Å². The molecule has 0 bridgehead atoms. The van der Waals surface area contributed by atoms with Gasteiger partial charge in [-0.25, -0.2) is 0 Å². The molecule has 0 spiro atoms. The predicted molar refractivity (Wildman–Crippen MR) is 51.8 cm³/mol. The number of hydrogen-bond donors (Lipinski definition) is 0. The van der Waals surface area contributed by atoms with Crippen LogP contribution in [-0.4, -0.2) is 22.9 Å². The zero-order chi connectivity index (χ0) is 8.32. The van der Waals surface area contributed by atoms with E-state index >= 15 is 0 Å². The molecule has 0 saturated heterocycles. The summed E-state index contributed by atoms with van der Waals surface area (Å²) in [6.45, 7) is 4.52. The van der Waals surface area contributed by atoms with Crippen LogP contribution in [0.1, 0.15) is 13.8 Å². The first kappa shape index (κ1) is 9.18. The van der Waals surface area contributed by atoms with Crippen molar-refractivity contribution < 1.29 is 0 Å². The van der Waals surface area contributed by atoms with Crippen LogP contribution in [0.3, 0.4) is 0 Å². The zero-order valence-corrected chi connectivity index (χ0v) is 10.8. The van der Waals surface area contributed by atoms with E-state index in [0.29, 0.717) is 0 Å². The van der Waals surface area contributed by atoms with E-state index in [4.69, 9.17) is 0 Å². The average molecular weight is 249 g/mol. The molecule has 0 fully saturated rings. The molecule has 0 N–H and O–H groups in total. The van der Waals surface area contributed by atoms with Crippen LogP contribution in [0.25, 0.3) is 0 Å². The maximum atomic E-state index is 2.41. The Morgan fingerprint density at radius 2 is 2.00 bits per heavy atom. The Morgan fingerprint density at radius 1 is 1.27 bits per heavy atom. The Labute approximate surface area is 80.4 Å². The standard InChI is InChI=1S/C9H11.CH3.In/c1-9(2)7-5-3-4-6-8-9;;/h3-5,7-8H,1-2H3;1H3;. The zero-order valence-electron chi connectivity index (χ0n) is 7.46. The van der Waals surface area contributed by atoms with Crippen molar-refractivity contribution in [1.29, 1.82) is 0 Å². The van der Waals surface area contributed by atoms with Crippen LogP contribution in [-0.2, 0) is 0 Å². The molecule has 1 radical (unpaired) electrons. The van der Waals surface area contributed by atoms with E-state index < -0.39 is 22.9 Å². The van der Waals surface area contributed by atoms with Gasteiger partial charge in [-0.1, -0.05) is 0 Å². The van der Waals surface area contributed by atoms with Gasteiger partial charge in [0.15, 0.2) is 0 Å². The summed E-state index contributed by atoms with van der Waals surface area (Å²) >= 11 is -0.399. The fourth-order valence-electron chi connectivity index (χ4n) is 1.18. The topological polar surface area (TPSA) is 0 Å². The van der Waals surface area contributed by atoms with Gasteiger partial charge in [-0.3, -0.25) is 0 Å². The molecule has 1 rings (SSSR count). The molecule has 0 nitrogen and oxygen atoms in total. The van der Waals surface area contributed by atoms with E-state index in [1.807, 2.05) is 0 Å². The molecule has 0 aromatic rings. The summed E-state index contributed by atoms with van der Waals surface area (Å²) < 4.78 is 4.00. The fourth-order valence-corrected chi connectivity index (χ4v) is 3.74. The van der Waals surface area contributed by atoms with E-state index in [2.05, 4.69) is 48.9 Å². The van der Waals surface area contributed by atoms with Crippen molar-refractivity contribution in [2.75, 3.05) is 0 Å². The van der Waals surface area contributed by atoms with E-state index in [0.717, 1.165) is 0 Å². The van der Waals surface area contributed by atoms with Gasteiger partial charge in [-0.05, 0) is 0 Å². The average Bonchev–Trinajstić information content (AvgIpc) is 2.10. The monoisotopic (exact) mass is 249 g/mol. The van der Waals surface area contributed by atoms with Crippen LogP contribution in [0.2, 0.25) is 4.68 Å². The molecule has 11 heavy (non-hydrogen) atoms. The van der Waals surface area contributed by atoms with E-state index in [-0.39, 0.29) is 5.41 Å². The first-order valence-electron chi connectivity index (χ1n) is 4.02. The first-order valence-corrected chi connectivity index (χ1v) is 8.96. The Morgan fingerprint density at radius 3 is 2.64 bits per heavy atom. The fraction of sp³-hybridized carbons (Fsp3) is 0.400. The molecule has 0 amide bonds. The number of hydrogen-bond acceptors (Lipinski definition) is 0. The third kappa shape index (κ3) is 2.90. The van der Waals surface area contributed by atoms with Crippen molar-refractivity contribution in [3.63, 3.8) is 0 Å². The molecule has 0 aliphatic heterocycles. The van der Waals surface area contributed by atoms with Gasteiger partial charge in [0, 0.05) is 0 Å². The molecule has 0 aromatic heterocycles. The van der Waals surface area contributed by atoms with Crippen molar-refractivity contribution in [3.05, 3.63) is 33.7 Å². The first-order chi connectivity index (χ1) is 5.14. The molecule has 0 aromatic carbocycles. The second kappa shape index (κ2) is 3.66. The summed E-state index contributed by atoms with van der Waals surface area (Å²) in [5.74, 6) is 0. The second-order valence-corrected chi connectivity index (χ2v) is 7.02. The van der Waals surface area contributed by atoms with Crippen molar-refractivity contribution in [3.8, 4) is 0 Å². The van der Waals surface area contributed by atoms with Gasteiger partial charge in [0.1, 0.15) is 0 Å². The van der Waals surface area contributed by atoms with Crippen LogP contribution in [0.15, 0.2) is 33.7 Å². The molecule has 1 aliphatic rings. The van der Waals surface area contributed by atoms with Gasteiger partial charge in [-0.2, -0.15) is 0 Å². The molecule has 0 unspecified atom stereocenters. The summed E-state index contributed by atoms with van der Waals surface area (Å²) in [5, 5.41) is 0. The molecular weight excluding hydrogens is 235 g/mol. The third-order valence-electron chi connectivity index (χ3n) is 1.80. The van der Waals surface area contributed by atoms with Crippen molar-refractivity contribution in [1.82, 2.24) is 0 Å². The van der Waals surface area contributed by atoms with Crippen LogP contribution < -0.4 is 0 Å². The second-order valence-electron chi connectivity index (χ2n) is 3.47. The summed E-state index contributed by atoms with van der Waals surface area (Å²) in [5.41, 5.74) is 0.278. The van der Waals surface area contributed by atoms with Crippen LogP contribution in [0.5, 0.6) is 0 Å². The number of allylic oxidation sites excluding steroid dienone is 6. The van der Waals surface area contributed by atoms with Crippen LogP contribution in [0.4, 0.5) is 0 Å². The van der Waals surface area contributed by atoms with Crippen molar-refractivity contribution in [2.45, 2.75) is 18.5 Å². The summed E-state index contributed by atoms with van der Waals surface area (Å²) in [6, 6.07) is 0. The Balaban J connectivity index is 2.90. The minimum atomic E-state index is -0.399. The Kier molecular flexibility index (Phi) is 3.06. The van der Waals surface area contributed by atoms with Crippen molar-refractivity contribution >= 4 is 22.9 Å². The Hall–Kier alpha value is 0.0901. The minimum absolute atomic E-state index is 0.278. The van der Waals surface area contributed by atoms with Gasteiger partial charge in [0.05, 0.1) is 0 Å². The quantitative estimate of drug-likeness (QED) is 0.670. The summed E-state index contributed by atoms with van der Waals surface area (Å²) in [4.78, 5) is 0. The van der Waals surface area contributed by atoms with Gasteiger partial charge in [0.25, 0.3) is 0 Å². The SMILES string of the molecule is [CH3][In][C]1=CC(C)(C)C=CC=C1. The van der Waals surface area contributed by atoms with E-state index in [1.165, 1.54) is 0 Å². The summed E-state index contributed by atoms with van der Waals surface area (Å²) in [7, 11) is 0. The Bertz CT molecular complexity index is 219. The molecule has 57 valence electrons. The molecule has 0 heterocycles. The van der Waals surface area contributed by atoms with E-state index in [1.54, 1.807) is 3.33 Å². The van der Waals surface area contributed by atoms with Crippen LogP contribution >= 0.6 is 0 Å². The normalized spacial score (nSPS) is 20.8. The van der Waals surface area contributed by atoms with Gasteiger partial charge in [-0.15, -0.1) is 0 Å². The number of rotatable bonds is 1. The third-order valence-corrected chi connectivity index (χ3v) is 4.73. The molecule has 0 saturated carbocycles. The van der Waals surface area contributed by atoms with Gasteiger partial charge >= 0.3 is 80.6 Å².